The number of aromatic nitrogens is 1. The molecule has 5 nitrogen and oxygen atoms in total. The van der Waals surface area contributed by atoms with Crippen LogP contribution in [0, 0.1) is 5.92 Å². The summed E-state index contributed by atoms with van der Waals surface area (Å²) in [6, 6.07) is 11.1. The van der Waals surface area contributed by atoms with Gasteiger partial charge in [-0.3, -0.25) is 9.78 Å². The molecule has 3 rings (SSSR count). The molecule has 0 aliphatic rings. The lowest BCUT2D eigenvalue weighted by molar-refractivity contribution is -0.141. The average molecular weight is 575 g/mol. The second-order valence-electron chi connectivity index (χ2n) is 8.15. The van der Waals surface area contributed by atoms with Gasteiger partial charge in [-0.2, -0.15) is 0 Å². The van der Waals surface area contributed by atoms with E-state index in [1.54, 1.807) is 25.4 Å². The van der Waals surface area contributed by atoms with Crippen LogP contribution in [0.15, 0.2) is 57.7 Å². The minimum absolute atomic E-state index is 0.0911. The first-order chi connectivity index (χ1) is 15.7. The summed E-state index contributed by atoms with van der Waals surface area (Å²) in [4.78, 5) is 15.2. The molecule has 0 spiro atoms. The van der Waals surface area contributed by atoms with E-state index >= 15 is 0 Å². The Balaban J connectivity index is 1.95. The number of hydrogen-bond acceptors (Lipinski definition) is 4. The molecule has 0 fully saturated rings. The molecule has 0 aliphatic carbocycles. The molecule has 1 atom stereocenters. The van der Waals surface area contributed by atoms with E-state index in [1.165, 1.54) is 0 Å². The number of hydrogen-bond donors (Lipinski definition) is 2. The number of aromatic hydroxyl groups is 1. The summed E-state index contributed by atoms with van der Waals surface area (Å²) in [5, 5.41) is 20.0. The second-order valence-corrected chi connectivity index (χ2v) is 9.86. The van der Waals surface area contributed by atoms with Crippen LogP contribution in [0.2, 0.25) is 0 Å². The normalized spacial score (nSPS) is 12.3. The van der Waals surface area contributed by atoms with Gasteiger partial charge in [0, 0.05) is 23.5 Å². The van der Waals surface area contributed by atoms with Crippen LogP contribution in [0.4, 0.5) is 0 Å². The largest absolute Gasteiger partial charge is 0.507 e. The highest BCUT2D eigenvalue weighted by atomic mass is 79.9. The van der Waals surface area contributed by atoms with Crippen molar-refractivity contribution in [3.8, 4) is 17.2 Å². The minimum atomic E-state index is -0.833. The van der Waals surface area contributed by atoms with Gasteiger partial charge in [-0.15, -0.1) is 0 Å². The molecule has 1 aromatic heterocycles. The van der Waals surface area contributed by atoms with Crippen LogP contribution in [0.5, 0.6) is 17.2 Å². The molecule has 3 aromatic rings. The van der Waals surface area contributed by atoms with Crippen molar-refractivity contribution in [2.75, 3.05) is 0 Å². The van der Waals surface area contributed by atoms with E-state index in [9.17, 15) is 15.0 Å². The lowest BCUT2D eigenvalue weighted by atomic mass is 9.98. The van der Waals surface area contributed by atoms with E-state index in [4.69, 9.17) is 4.74 Å². The standard InChI is InChI=1S/C26H25Br2NO4/c1-15(2)21-14-20(13-19(24(21)30)5-4-17-6-8-29-9-7-17)33-25-22(27)11-18(12-23(25)28)10-16(3)26(31)32/h4-9,11-16,30H,10H2,1-3H3,(H,31,32)/b5-4+. The third kappa shape index (κ3) is 6.45. The Bertz CT molecular complexity index is 1150. The van der Waals surface area contributed by atoms with E-state index in [-0.39, 0.29) is 11.7 Å². The summed E-state index contributed by atoms with van der Waals surface area (Å²) < 4.78 is 7.63. The van der Waals surface area contributed by atoms with Crippen LogP contribution >= 0.6 is 31.9 Å². The second kappa shape index (κ2) is 11.0. The van der Waals surface area contributed by atoms with Crippen molar-refractivity contribution in [1.82, 2.24) is 4.98 Å². The van der Waals surface area contributed by atoms with Crippen molar-refractivity contribution < 1.29 is 19.7 Å². The van der Waals surface area contributed by atoms with Gasteiger partial charge in [0.25, 0.3) is 0 Å². The first kappa shape index (κ1) is 25.0. The van der Waals surface area contributed by atoms with Gasteiger partial charge < -0.3 is 14.9 Å². The SMILES string of the molecule is CC(Cc1cc(Br)c(Oc2cc(/C=C/c3ccncc3)c(O)c(C(C)C)c2)c(Br)c1)C(=O)O. The van der Waals surface area contributed by atoms with E-state index in [0.717, 1.165) is 16.7 Å². The Kier molecular flexibility index (Phi) is 8.32. The minimum Gasteiger partial charge on any atom is -0.507 e. The summed E-state index contributed by atoms with van der Waals surface area (Å²) >= 11 is 7.10. The van der Waals surface area contributed by atoms with E-state index < -0.39 is 11.9 Å². The predicted octanol–water partition coefficient (Wildman–Crippen LogP) is 7.66. The molecule has 2 N–H and O–H groups in total. The molecule has 0 amide bonds. The lowest BCUT2D eigenvalue weighted by Gasteiger charge is -2.17. The first-order valence-electron chi connectivity index (χ1n) is 10.5. The number of ether oxygens (including phenoxy) is 1. The highest BCUT2D eigenvalue weighted by Crippen LogP contribution is 2.41. The number of carbonyl (C=O) groups is 1. The van der Waals surface area contributed by atoms with Crippen molar-refractivity contribution in [2.24, 2.45) is 5.92 Å². The molecule has 172 valence electrons. The number of carboxylic acid groups (broad SMARTS) is 1. The quantitative estimate of drug-likeness (QED) is 0.288. The van der Waals surface area contributed by atoms with Gasteiger partial charge in [0.1, 0.15) is 11.5 Å². The molecule has 0 saturated carbocycles. The maximum atomic E-state index is 11.2. The molecule has 0 bridgehead atoms. The maximum Gasteiger partial charge on any atom is 0.306 e. The lowest BCUT2D eigenvalue weighted by Crippen LogP contribution is -2.12. The van der Waals surface area contributed by atoms with Crippen molar-refractivity contribution in [1.29, 1.82) is 0 Å². The summed E-state index contributed by atoms with van der Waals surface area (Å²) in [7, 11) is 0. The average Bonchev–Trinajstić information content (AvgIpc) is 2.76. The number of pyridine rings is 1. The Morgan fingerprint density at radius 1 is 1.06 bits per heavy atom. The van der Waals surface area contributed by atoms with Gasteiger partial charge in [-0.25, -0.2) is 0 Å². The van der Waals surface area contributed by atoms with E-state index in [0.29, 0.717) is 32.4 Å². The van der Waals surface area contributed by atoms with Gasteiger partial charge in [-0.05, 0) is 91.7 Å². The molecular formula is C26H25Br2NO4. The van der Waals surface area contributed by atoms with Crippen LogP contribution < -0.4 is 4.74 Å². The Labute approximate surface area is 210 Å². The zero-order chi connectivity index (χ0) is 24.1. The number of nitrogens with zero attached hydrogens (tertiary/aromatic N) is 1. The Hall–Kier alpha value is -2.64. The Morgan fingerprint density at radius 3 is 2.27 bits per heavy atom. The Morgan fingerprint density at radius 2 is 1.70 bits per heavy atom. The maximum absolute atomic E-state index is 11.2. The molecule has 0 radical (unpaired) electrons. The van der Waals surface area contributed by atoms with Crippen LogP contribution in [-0.2, 0) is 11.2 Å². The fourth-order valence-electron chi connectivity index (χ4n) is 3.32. The molecule has 7 heteroatoms. The summed E-state index contributed by atoms with van der Waals surface area (Å²) in [6.07, 6.45) is 7.61. The summed E-state index contributed by atoms with van der Waals surface area (Å²) in [6.45, 7) is 5.71. The number of rotatable bonds is 8. The van der Waals surface area contributed by atoms with Crippen molar-refractivity contribution in [2.45, 2.75) is 33.1 Å². The van der Waals surface area contributed by atoms with Gasteiger partial charge in [0.2, 0.25) is 0 Å². The number of phenolic OH excluding ortho intramolecular Hbond substituents is 1. The zero-order valence-electron chi connectivity index (χ0n) is 18.5. The third-order valence-corrected chi connectivity index (χ3v) is 6.35. The van der Waals surface area contributed by atoms with E-state index in [2.05, 4.69) is 36.8 Å². The first-order valence-corrected chi connectivity index (χ1v) is 12.1. The predicted molar refractivity (Wildman–Crippen MR) is 138 cm³/mol. The number of phenols is 1. The smallest absolute Gasteiger partial charge is 0.306 e. The van der Waals surface area contributed by atoms with E-state index in [1.807, 2.05) is 56.3 Å². The van der Waals surface area contributed by atoms with Crippen LogP contribution in [0.1, 0.15) is 48.9 Å². The molecule has 2 aromatic carbocycles. The highest BCUT2D eigenvalue weighted by Gasteiger charge is 2.17. The molecule has 33 heavy (non-hydrogen) atoms. The van der Waals surface area contributed by atoms with Crippen LogP contribution in [0.25, 0.3) is 12.2 Å². The number of benzene rings is 2. The summed E-state index contributed by atoms with van der Waals surface area (Å²) in [5.41, 5.74) is 3.28. The molecule has 0 aliphatic heterocycles. The molecule has 0 saturated heterocycles. The molecule has 1 heterocycles. The van der Waals surface area contributed by atoms with Crippen molar-refractivity contribution >= 4 is 50.0 Å². The fourth-order valence-corrected chi connectivity index (χ4v) is 4.77. The van der Waals surface area contributed by atoms with Gasteiger partial charge in [-0.1, -0.05) is 32.9 Å². The highest BCUT2D eigenvalue weighted by molar-refractivity contribution is 9.11. The van der Waals surface area contributed by atoms with Gasteiger partial charge >= 0.3 is 5.97 Å². The summed E-state index contributed by atoms with van der Waals surface area (Å²) in [5.74, 6) is 0.147. The fraction of sp³-hybridized carbons (Fsp3) is 0.231. The van der Waals surface area contributed by atoms with Gasteiger partial charge in [0.15, 0.2) is 5.75 Å². The van der Waals surface area contributed by atoms with Crippen LogP contribution in [0.3, 0.4) is 0 Å². The topological polar surface area (TPSA) is 79.7 Å². The van der Waals surface area contributed by atoms with Gasteiger partial charge in [0.05, 0.1) is 14.9 Å². The molecular weight excluding hydrogens is 550 g/mol. The number of aliphatic carboxylic acids is 1. The molecule has 1 unspecified atom stereocenters. The third-order valence-electron chi connectivity index (χ3n) is 5.17. The number of carboxylic acids is 1. The van der Waals surface area contributed by atoms with Crippen LogP contribution in [-0.4, -0.2) is 21.2 Å². The van der Waals surface area contributed by atoms with Crippen molar-refractivity contribution in [3.63, 3.8) is 0 Å². The monoisotopic (exact) mass is 573 g/mol. The number of halogens is 2. The zero-order valence-corrected chi connectivity index (χ0v) is 21.7. The van der Waals surface area contributed by atoms with Crippen molar-refractivity contribution in [3.05, 3.63) is 80.0 Å².